The first-order chi connectivity index (χ1) is 31.5. The Balaban J connectivity index is 4.56. The van der Waals surface area contributed by atoms with E-state index in [1.807, 2.05) is 48.6 Å². The van der Waals surface area contributed by atoms with E-state index in [-0.39, 0.29) is 24.9 Å². The highest BCUT2D eigenvalue weighted by atomic mass is 16.5. The zero-order valence-electron chi connectivity index (χ0n) is 42.1. The molecule has 1 amide bonds. The number of unbranched alkanes of at least 4 members (excludes halogenated alkanes) is 29. The molecule has 6 heteroatoms. The number of ether oxygens (including phenoxy) is 1. The Morgan fingerprint density at radius 3 is 1.27 bits per heavy atom. The quantitative estimate of drug-likeness (QED) is 0.0321. The second-order valence-electron chi connectivity index (χ2n) is 18.4. The lowest BCUT2D eigenvalue weighted by atomic mass is 10.0. The van der Waals surface area contributed by atoms with Gasteiger partial charge in [-0.1, -0.05) is 273 Å². The average molecular weight is 894 g/mol. The van der Waals surface area contributed by atoms with Gasteiger partial charge in [0.25, 0.3) is 0 Å². The molecule has 0 saturated carbocycles. The molecule has 0 aromatic rings. The van der Waals surface area contributed by atoms with E-state index in [1.54, 1.807) is 0 Å². The fraction of sp³-hybridized carbons (Fsp3) is 0.759. The van der Waals surface area contributed by atoms with Gasteiger partial charge in [0.15, 0.2) is 0 Å². The van der Waals surface area contributed by atoms with Crippen LogP contribution in [0.3, 0.4) is 0 Å². The molecule has 370 valence electrons. The molecule has 6 nitrogen and oxygen atoms in total. The first-order valence-corrected chi connectivity index (χ1v) is 27.2. The van der Waals surface area contributed by atoms with E-state index in [0.717, 1.165) is 70.6 Å². The number of aliphatic hydroxyl groups is 2. The molecule has 0 aliphatic rings. The molecule has 0 heterocycles. The third kappa shape index (κ3) is 45.9. The van der Waals surface area contributed by atoms with Crippen molar-refractivity contribution in [2.45, 2.75) is 277 Å². The third-order valence-corrected chi connectivity index (χ3v) is 12.2. The zero-order chi connectivity index (χ0) is 46.7. The predicted molar refractivity (Wildman–Crippen MR) is 278 cm³/mol. The van der Waals surface area contributed by atoms with Gasteiger partial charge in [0.2, 0.25) is 5.91 Å². The monoisotopic (exact) mass is 894 g/mol. The van der Waals surface area contributed by atoms with Gasteiger partial charge in [0, 0.05) is 6.42 Å². The number of esters is 1. The molecule has 0 fully saturated rings. The zero-order valence-corrected chi connectivity index (χ0v) is 42.1. The molecule has 3 atom stereocenters. The van der Waals surface area contributed by atoms with E-state index in [2.05, 4.69) is 50.4 Å². The van der Waals surface area contributed by atoms with E-state index in [1.165, 1.54) is 141 Å². The number of carbonyl (C=O) groups excluding carboxylic acids is 2. The minimum Gasteiger partial charge on any atom is -0.462 e. The molecule has 0 rings (SSSR count). The van der Waals surface area contributed by atoms with Gasteiger partial charge in [-0.15, -0.1) is 0 Å². The maximum Gasteiger partial charge on any atom is 0.306 e. The van der Waals surface area contributed by atoms with Crippen LogP contribution in [0.1, 0.15) is 258 Å². The topological polar surface area (TPSA) is 95.9 Å². The second-order valence-corrected chi connectivity index (χ2v) is 18.4. The van der Waals surface area contributed by atoms with Crippen LogP contribution in [0.2, 0.25) is 0 Å². The highest BCUT2D eigenvalue weighted by Gasteiger charge is 2.24. The second kappa shape index (κ2) is 51.3. The number of hydrogen-bond donors (Lipinski definition) is 3. The molecule has 0 aliphatic heterocycles. The van der Waals surface area contributed by atoms with Crippen LogP contribution in [-0.2, 0) is 14.3 Å². The van der Waals surface area contributed by atoms with Gasteiger partial charge >= 0.3 is 5.97 Å². The normalized spacial score (nSPS) is 13.8. The van der Waals surface area contributed by atoms with Crippen molar-refractivity contribution in [1.29, 1.82) is 0 Å². The Morgan fingerprint density at radius 2 is 0.844 bits per heavy atom. The smallest absolute Gasteiger partial charge is 0.306 e. The molecule has 0 aromatic heterocycles. The number of hydrogen-bond acceptors (Lipinski definition) is 5. The Bertz CT molecular complexity index is 1190. The van der Waals surface area contributed by atoms with Gasteiger partial charge in [0.1, 0.15) is 6.10 Å². The van der Waals surface area contributed by atoms with E-state index in [4.69, 9.17) is 4.74 Å². The number of carbonyl (C=O) groups is 2. The molecule has 0 saturated heterocycles. The van der Waals surface area contributed by atoms with Crippen LogP contribution < -0.4 is 5.32 Å². The standard InChI is InChI=1S/C58H103NO5/c1-4-7-10-13-16-19-22-24-26-28-30-32-35-38-41-44-47-50-56(61)55(53-60)59-57(62)52-54(49-46-43-40-37-34-21-18-15-12-9-6-3)64-58(63)51-48-45-42-39-36-33-31-29-27-25-23-20-17-14-11-8-5-2/h8,11,14,17,20,23,25,27,29,31,33,36,54-56,60-61H,4-7,9-10,12-13,15-16,18-19,21-22,24,26,28,30,32,34-35,37-53H2,1-3H3,(H,59,62)/b11-8-,17-14+,23-20+,27-25-,31-29+,36-33+. The lowest BCUT2D eigenvalue weighted by molar-refractivity contribution is -0.151. The van der Waals surface area contributed by atoms with Crippen molar-refractivity contribution >= 4 is 11.9 Å². The molecule has 0 radical (unpaired) electrons. The summed E-state index contributed by atoms with van der Waals surface area (Å²) in [6, 6.07) is -0.712. The Kier molecular flexibility index (Phi) is 49.1. The summed E-state index contributed by atoms with van der Waals surface area (Å²) in [5, 5.41) is 23.8. The molecule has 3 N–H and O–H groups in total. The van der Waals surface area contributed by atoms with Gasteiger partial charge in [-0.3, -0.25) is 9.59 Å². The van der Waals surface area contributed by atoms with Crippen molar-refractivity contribution in [3.05, 3.63) is 72.9 Å². The van der Waals surface area contributed by atoms with Gasteiger partial charge < -0.3 is 20.3 Å². The summed E-state index contributed by atoms with van der Waals surface area (Å²) in [5.74, 6) is -0.521. The number of amides is 1. The molecule has 3 unspecified atom stereocenters. The van der Waals surface area contributed by atoms with Crippen LogP contribution in [0, 0.1) is 0 Å². The molecular weight excluding hydrogens is 791 g/mol. The Morgan fingerprint density at radius 1 is 0.469 bits per heavy atom. The molecule has 0 aliphatic carbocycles. The summed E-state index contributed by atoms with van der Waals surface area (Å²) in [7, 11) is 0. The first-order valence-electron chi connectivity index (χ1n) is 27.2. The van der Waals surface area contributed by atoms with Crippen molar-refractivity contribution in [1.82, 2.24) is 5.32 Å². The van der Waals surface area contributed by atoms with Crippen LogP contribution in [-0.4, -0.2) is 46.9 Å². The fourth-order valence-corrected chi connectivity index (χ4v) is 8.11. The summed E-state index contributed by atoms with van der Waals surface area (Å²) in [6.45, 7) is 6.34. The molecule has 64 heavy (non-hydrogen) atoms. The highest BCUT2D eigenvalue weighted by molar-refractivity contribution is 5.77. The average Bonchev–Trinajstić information content (AvgIpc) is 3.29. The van der Waals surface area contributed by atoms with E-state index in [0.29, 0.717) is 19.3 Å². The molecule has 0 aromatic carbocycles. The van der Waals surface area contributed by atoms with Crippen LogP contribution in [0.5, 0.6) is 0 Å². The number of allylic oxidation sites excluding steroid dienone is 12. The number of rotatable bonds is 48. The summed E-state index contributed by atoms with van der Waals surface area (Å²) in [6.07, 6.45) is 65.3. The van der Waals surface area contributed by atoms with Crippen molar-refractivity contribution in [2.75, 3.05) is 6.61 Å². The molecule has 0 spiro atoms. The lowest BCUT2D eigenvalue weighted by Gasteiger charge is -2.24. The van der Waals surface area contributed by atoms with Crippen LogP contribution in [0.25, 0.3) is 0 Å². The predicted octanol–water partition coefficient (Wildman–Crippen LogP) is 16.6. The van der Waals surface area contributed by atoms with E-state index < -0.39 is 18.2 Å². The number of aliphatic hydroxyl groups excluding tert-OH is 2. The van der Waals surface area contributed by atoms with Crippen molar-refractivity contribution in [2.24, 2.45) is 0 Å². The maximum atomic E-state index is 13.2. The molecular formula is C58H103NO5. The Hall–Kier alpha value is -2.70. The third-order valence-electron chi connectivity index (χ3n) is 12.2. The summed E-state index contributed by atoms with van der Waals surface area (Å²) < 4.78 is 5.92. The van der Waals surface area contributed by atoms with Crippen molar-refractivity contribution in [3.63, 3.8) is 0 Å². The number of nitrogens with one attached hydrogen (secondary N) is 1. The maximum absolute atomic E-state index is 13.2. The molecule has 0 bridgehead atoms. The van der Waals surface area contributed by atoms with Gasteiger partial charge in [-0.05, 0) is 44.9 Å². The Labute approximate surface area is 396 Å². The van der Waals surface area contributed by atoms with E-state index in [9.17, 15) is 19.8 Å². The minimum atomic E-state index is -0.797. The summed E-state index contributed by atoms with van der Waals surface area (Å²) in [5.41, 5.74) is 0. The fourth-order valence-electron chi connectivity index (χ4n) is 8.11. The highest BCUT2D eigenvalue weighted by Crippen LogP contribution is 2.18. The lowest BCUT2D eigenvalue weighted by Crippen LogP contribution is -2.46. The van der Waals surface area contributed by atoms with Crippen LogP contribution in [0.15, 0.2) is 72.9 Å². The first kappa shape index (κ1) is 61.3. The summed E-state index contributed by atoms with van der Waals surface area (Å²) in [4.78, 5) is 26.2. The van der Waals surface area contributed by atoms with Crippen LogP contribution in [0.4, 0.5) is 0 Å². The SMILES string of the molecule is CC\C=C/C=C/C=C/C=C\C=C\C=C\CCCCCC(=O)OC(CCCCCCCCCCCCC)CC(=O)NC(CO)C(O)CCCCCCCCCCCCCCCCCCC. The largest absolute Gasteiger partial charge is 0.462 e. The van der Waals surface area contributed by atoms with E-state index >= 15 is 0 Å². The van der Waals surface area contributed by atoms with Crippen molar-refractivity contribution in [3.8, 4) is 0 Å². The summed E-state index contributed by atoms with van der Waals surface area (Å²) >= 11 is 0. The van der Waals surface area contributed by atoms with Gasteiger partial charge in [-0.25, -0.2) is 0 Å². The minimum absolute atomic E-state index is 0.0589. The van der Waals surface area contributed by atoms with Gasteiger partial charge in [0.05, 0.1) is 25.2 Å². The van der Waals surface area contributed by atoms with Gasteiger partial charge in [-0.2, -0.15) is 0 Å². The van der Waals surface area contributed by atoms with Crippen LogP contribution >= 0.6 is 0 Å². The van der Waals surface area contributed by atoms with Crippen molar-refractivity contribution < 1.29 is 24.5 Å².